The summed E-state index contributed by atoms with van der Waals surface area (Å²) in [6, 6.07) is 6.46. The van der Waals surface area contributed by atoms with Crippen LogP contribution >= 0.6 is 0 Å². The lowest BCUT2D eigenvalue weighted by atomic mass is 10.2. The minimum absolute atomic E-state index is 0.236. The van der Waals surface area contributed by atoms with Gasteiger partial charge in [-0.3, -0.25) is 4.79 Å². The topological polar surface area (TPSA) is 139 Å². The highest BCUT2D eigenvalue weighted by Crippen LogP contribution is 2.18. The van der Waals surface area contributed by atoms with Crippen molar-refractivity contribution in [2.24, 2.45) is 5.14 Å². The average molecular weight is 339 g/mol. The van der Waals surface area contributed by atoms with Crippen LogP contribution < -0.4 is 10.5 Å². The molecule has 1 heterocycles. The molecular formula is C13H10FN3O5S. The molecule has 0 atom stereocenters. The van der Waals surface area contributed by atoms with Crippen molar-refractivity contribution >= 4 is 27.6 Å². The molecule has 1 aromatic carbocycles. The monoisotopic (exact) mass is 339 g/mol. The molecule has 0 radical (unpaired) electrons. The standard InChI is InChI=1S/C13H10FN3O5S/c14-8-6-7(23(15,21)22)4-5-9(8)17-12(18)10-2-1-3-11(16-10)13(19)20/h1-6H,(H,17,18)(H,19,20)(H2,15,21,22). The number of nitrogens with two attached hydrogens (primary N) is 1. The summed E-state index contributed by atoms with van der Waals surface area (Å²) in [5.74, 6) is -3.18. The number of pyridine rings is 1. The van der Waals surface area contributed by atoms with E-state index in [-0.39, 0.29) is 17.1 Å². The van der Waals surface area contributed by atoms with Crippen molar-refractivity contribution in [3.8, 4) is 0 Å². The maximum absolute atomic E-state index is 13.8. The van der Waals surface area contributed by atoms with Crippen molar-refractivity contribution in [1.29, 1.82) is 0 Å². The Bertz CT molecular complexity index is 898. The number of nitrogens with zero attached hydrogens (tertiary/aromatic N) is 1. The van der Waals surface area contributed by atoms with Gasteiger partial charge in [0.25, 0.3) is 5.91 Å². The van der Waals surface area contributed by atoms with Crippen LogP contribution in [0.5, 0.6) is 0 Å². The van der Waals surface area contributed by atoms with E-state index in [9.17, 15) is 22.4 Å². The molecule has 8 nitrogen and oxygen atoms in total. The van der Waals surface area contributed by atoms with Crippen LogP contribution in [-0.2, 0) is 10.0 Å². The average Bonchev–Trinajstić information content (AvgIpc) is 2.48. The number of carboxylic acids is 1. The molecule has 0 spiro atoms. The van der Waals surface area contributed by atoms with Crippen molar-refractivity contribution in [3.63, 3.8) is 0 Å². The van der Waals surface area contributed by atoms with Gasteiger partial charge in [0.05, 0.1) is 10.6 Å². The molecule has 4 N–H and O–H groups in total. The van der Waals surface area contributed by atoms with Crippen molar-refractivity contribution in [3.05, 3.63) is 53.6 Å². The number of sulfonamides is 1. The minimum atomic E-state index is -4.07. The number of primary sulfonamides is 1. The number of halogens is 1. The zero-order valence-corrected chi connectivity index (χ0v) is 12.2. The summed E-state index contributed by atoms with van der Waals surface area (Å²) < 4.78 is 36.0. The lowest BCUT2D eigenvalue weighted by Crippen LogP contribution is -2.17. The lowest BCUT2D eigenvalue weighted by molar-refractivity contribution is 0.0690. The molecule has 0 unspecified atom stereocenters. The zero-order chi connectivity index (χ0) is 17.2. The summed E-state index contributed by atoms with van der Waals surface area (Å²) in [4.78, 5) is 25.9. The van der Waals surface area contributed by atoms with Crippen LogP contribution in [0.4, 0.5) is 10.1 Å². The van der Waals surface area contributed by atoms with Gasteiger partial charge in [-0.15, -0.1) is 0 Å². The van der Waals surface area contributed by atoms with Gasteiger partial charge in [-0.05, 0) is 30.3 Å². The van der Waals surface area contributed by atoms with Gasteiger partial charge in [0.1, 0.15) is 17.2 Å². The first-order chi connectivity index (χ1) is 10.7. The number of nitrogens with one attached hydrogen (secondary N) is 1. The van der Waals surface area contributed by atoms with Crippen molar-refractivity contribution in [2.45, 2.75) is 4.90 Å². The lowest BCUT2D eigenvalue weighted by Gasteiger charge is -2.07. The first-order valence-electron chi connectivity index (χ1n) is 6.02. The second-order valence-electron chi connectivity index (χ2n) is 4.35. The highest BCUT2D eigenvalue weighted by Gasteiger charge is 2.15. The number of carbonyl (C=O) groups excluding carboxylic acids is 1. The van der Waals surface area contributed by atoms with Crippen molar-refractivity contribution < 1.29 is 27.5 Å². The van der Waals surface area contributed by atoms with Gasteiger partial charge < -0.3 is 10.4 Å². The number of anilines is 1. The maximum atomic E-state index is 13.8. The van der Waals surface area contributed by atoms with Crippen LogP contribution in [0.15, 0.2) is 41.3 Å². The van der Waals surface area contributed by atoms with Crippen LogP contribution in [0.2, 0.25) is 0 Å². The van der Waals surface area contributed by atoms with Gasteiger partial charge >= 0.3 is 5.97 Å². The molecule has 0 aliphatic rings. The van der Waals surface area contributed by atoms with Crippen LogP contribution in [0.1, 0.15) is 21.0 Å². The molecule has 0 saturated heterocycles. The second-order valence-corrected chi connectivity index (χ2v) is 5.92. The molecule has 0 bridgehead atoms. The smallest absolute Gasteiger partial charge is 0.354 e. The largest absolute Gasteiger partial charge is 0.477 e. The fourth-order valence-corrected chi connectivity index (χ4v) is 2.17. The van der Waals surface area contributed by atoms with E-state index in [2.05, 4.69) is 10.3 Å². The highest BCUT2D eigenvalue weighted by atomic mass is 32.2. The summed E-state index contributed by atoms with van der Waals surface area (Å²) in [5, 5.41) is 15.8. The fourth-order valence-electron chi connectivity index (χ4n) is 1.64. The third kappa shape index (κ3) is 3.87. The predicted molar refractivity (Wildman–Crippen MR) is 76.9 cm³/mol. The van der Waals surface area contributed by atoms with E-state index in [4.69, 9.17) is 10.2 Å². The summed E-state index contributed by atoms with van der Waals surface area (Å²) in [6.07, 6.45) is 0. The SMILES string of the molecule is NS(=O)(=O)c1ccc(NC(=O)c2cccc(C(=O)O)n2)c(F)c1. The van der Waals surface area contributed by atoms with Crippen LogP contribution in [-0.4, -0.2) is 30.4 Å². The number of rotatable bonds is 4. The Balaban J connectivity index is 2.27. The summed E-state index contributed by atoms with van der Waals surface area (Å²) in [5.41, 5.74) is -0.882. The molecule has 10 heteroatoms. The quantitative estimate of drug-likeness (QED) is 0.753. The number of benzene rings is 1. The molecule has 0 saturated carbocycles. The first kappa shape index (κ1) is 16.5. The fraction of sp³-hybridized carbons (Fsp3) is 0. The van der Waals surface area contributed by atoms with E-state index in [1.165, 1.54) is 18.2 Å². The predicted octanol–water partition coefficient (Wildman–Crippen LogP) is 0.819. The Morgan fingerprint density at radius 3 is 2.39 bits per heavy atom. The maximum Gasteiger partial charge on any atom is 0.354 e. The van der Waals surface area contributed by atoms with Gasteiger partial charge in [-0.1, -0.05) is 6.07 Å². The van der Waals surface area contributed by atoms with Crippen molar-refractivity contribution in [2.75, 3.05) is 5.32 Å². The van der Waals surface area contributed by atoms with E-state index in [1.54, 1.807) is 0 Å². The second kappa shape index (κ2) is 6.10. The van der Waals surface area contributed by atoms with Gasteiger partial charge in [0.15, 0.2) is 0 Å². The zero-order valence-electron chi connectivity index (χ0n) is 11.4. The number of hydrogen-bond acceptors (Lipinski definition) is 5. The van der Waals surface area contributed by atoms with Crippen LogP contribution in [0.3, 0.4) is 0 Å². The van der Waals surface area contributed by atoms with Gasteiger partial charge in [-0.2, -0.15) is 0 Å². The van der Waals surface area contributed by atoms with E-state index in [0.717, 1.165) is 12.1 Å². The van der Waals surface area contributed by atoms with E-state index in [1.807, 2.05) is 0 Å². The molecule has 1 amide bonds. The summed E-state index contributed by atoms with van der Waals surface area (Å²) in [7, 11) is -4.07. The van der Waals surface area contributed by atoms with E-state index in [0.29, 0.717) is 6.07 Å². The Kier molecular flexibility index (Phi) is 4.38. The van der Waals surface area contributed by atoms with Gasteiger partial charge in [0, 0.05) is 0 Å². The summed E-state index contributed by atoms with van der Waals surface area (Å²) in [6.45, 7) is 0. The first-order valence-corrected chi connectivity index (χ1v) is 7.57. The Hall–Kier alpha value is -2.85. The number of hydrogen-bond donors (Lipinski definition) is 3. The number of carboxylic acid groups (broad SMARTS) is 1. The number of aromatic carboxylic acids is 1. The molecule has 120 valence electrons. The van der Waals surface area contributed by atoms with Crippen LogP contribution in [0.25, 0.3) is 0 Å². The molecule has 2 rings (SSSR count). The molecule has 0 aliphatic carbocycles. The Labute approximate surface area is 129 Å². The minimum Gasteiger partial charge on any atom is -0.477 e. The van der Waals surface area contributed by atoms with E-state index >= 15 is 0 Å². The molecule has 2 aromatic rings. The molecule has 0 fully saturated rings. The number of amides is 1. The summed E-state index contributed by atoms with van der Waals surface area (Å²) >= 11 is 0. The third-order valence-electron chi connectivity index (χ3n) is 2.72. The molecule has 23 heavy (non-hydrogen) atoms. The third-order valence-corrected chi connectivity index (χ3v) is 3.63. The van der Waals surface area contributed by atoms with Crippen molar-refractivity contribution in [1.82, 2.24) is 4.98 Å². The Morgan fingerprint density at radius 2 is 1.83 bits per heavy atom. The highest BCUT2D eigenvalue weighted by molar-refractivity contribution is 7.89. The van der Waals surface area contributed by atoms with Crippen LogP contribution in [0, 0.1) is 5.82 Å². The normalized spacial score (nSPS) is 11.0. The van der Waals surface area contributed by atoms with E-state index < -0.39 is 32.6 Å². The van der Waals surface area contributed by atoms with Gasteiger partial charge in [0.2, 0.25) is 10.0 Å². The molecule has 0 aliphatic heterocycles. The Morgan fingerprint density at radius 1 is 1.17 bits per heavy atom. The van der Waals surface area contributed by atoms with Gasteiger partial charge in [-0.25, -0.2) is 27.7 Å². The number of carbonyl (C=O) groups is 2. The molecular weight excluding hydrogens is 329 g/mol. The molecule has 1 aromatic heterocycles. The number of aromatic nitrogens is 1.